The van der Waals surface area contributed by atoms with Crippen molar-refractivity contribution in [1.29, 1.82) is 0 Å². The highest BCUT2D eigenvalue weighted by Gasteiger charge is 2.27. The SMILES string of the molecule is CC(C)(C)C#CC1(C)C=C2OCC(C=O)=CC2=CC1. The number of hydrogen-bond donors (Lipinski definition) is 0. The van der Waals surface area contributed by atoms with E-state index in [0.29, 0.717) is 12.2 Å². The number of carbonyl (C=O) groups is 1. The molecule has 0 N–H and O–H groups in total. The van der Waals surface area contributed by atoms with Crippen LogP contribution in [-0.2, 0) is 9.53 Å². The van der Waals surface area contributed by atoms with Crippen molar-refractivity contribution in [3.05, 3.63) is 35.1 Å². The Morgan fingerprint density at radius 2 is 2.16 bits per heavy atom. The van der Waals surface area contributed by atoms with E-state index < -0.39 is 0 Å². The monoisotopic (exact) mass is 256 g/mol. The van der Waals surface area contributed by atoms with Gasteiger partial charge in [0.1, 0.15) is 18.7 Å². The topological polar surface area (TPSA) is 26.3 Å². The van der Waals surface area contributed by atoms with Crippen molar-refractivity contribution in [1.82, 2.24) is 0 Å². The van der Waals surface area contributed by atoms with Crippen LogP contribution < -0.4 is 0 Å². The van der Waals surface area contributed by atoms with E-state index in [2.05, 4.69) is 51.7 Å². The van der Waals surface area contributed by atoms with Gasteiger partial charge in [0.15, 0.2) is 0 Å². The van der Waals surface area contributed by atoms with E-state index in [1.54, 1.807) is 0 Å². The standard InChI is InChI=1S/C17H20O2/c1-16(2,3)7-8-17(4)6-5-14-9-13(11-18)12-19-15(14)10-17/h5,9-11H,6,12H2,1-4H3. The first-order valence-electron chi connectivity index (χ1n) is 6.58. The number of allylic oxidation sites excluding steroid dienone is 3. The van der Waals surface area contributed by atoms with Crippen molar-refractivity contribution in [2.75, 3.05) is 6.61 Å². The van der Waals surface area contributed by atoms with Crippen LogP contribution in [0.25, 0.3) is 0 Å². The van der Waals surface area contributed by atoms with Gasteiger partial charge < -0.3 is 4.74 Å². The average molecular weight is 256 g/mol. The summed E-state index contributed by atoms with van der Waals surface area (Å²) >= 11 is 0. The number of rotatable bonds is 1. The van der Waals surface area contributed by atoms with Crippen molar-refractivity contribution in [3.63, 3.8) is 0 Å². The van der Waals surface area contributed by atoms with Crippen LogP contribution in [0.3, 0.4) is 0 Å². The Morgan fingerprint density at radius 1 is 1.42 bits per heavy atom. The molecular formula is C17H20O2. The molecule has 1 unspecified atom stereocenters. The smallest absolute Gasteiger partial charge is 0.149 e. The number of aldehydes is 1. The highest BCUT2D eigenvalue weighted by atomic mass is 16.5. The van der Waals surface area contributed by atoms with Crippen LogP contribution in [0.2, 0.25) is 0 Å². The minimum Gasteiger partial charge on any atom is -0.488 e. The largest absolute Gasteiger partial charge is 0.488 e. The molecule has 0 spiro atoms. The van der Waals surface area contributed by atoms with Gasteiger partial charge in [-0.05, 0) is 46.3 Å². The van der Waals surface area contributed by atoms with Crippen LogP contribution in [0, 0.1) is 22.7 Å². The first kappa shape index (κ1) is 13.7. The van der Waals surface area contributed by atoms with Crippen LogP contribution in [0.1, 0.15) is 34.1 Å². The van der Waals surface area contributed by atoms with Gasteiger partial charge in [0.2, 0.25) is 0 Å². The first-order valence-corrected chi connectivity index (χ1v) is 6.58. The molecule has 100 valence electrons. The summed E-state index contributed by atoms with van der Waals surface area (Å²) < 4.78 is 5.64. The molecule has 2 heteroatoms. The van der Waals surface area contributed by atoms with Crippen LogP contribution in [0.5, 0.6) is 0 Å². The molecule has 0 aromatic carbocycles. The van der Waals surface area contributed by atoms with Gasteiger partial charge in [-0.2, -0.15) is 0 Å². The minimum atomic E-state index is -0.182. The lowest BCUT2D eigenvalue weighted by molar-refractivity contribution is -0.105. The molecule has 19 heavy (non-hydrogen) atoms. The van der Waals surface area contributed by atoms with E-state index >= 15 is 0 Å². The number of hydrogen-bond acceptors (Lipinski definition) is 2. The van der Waals surface area contributed by atoms with Crippen LogP contribution in [0.4, 0.5) is 0 Å². The Balaban J connectivity index is 2.26. The molecule has 0 saturated heterocycles. The van der Waals surface area contributed by atoms with Crippen molar-refractivity contribution in [2.45, 2.75) is 34.1 Å². The lowest BCUT2D eigenvalue weighted by Crippen LogP contribution is -2.19. The second-order valence-electron chi connectivity index (χ2n) is 6.42. The molecule has 0 fully saturated rings. The quantitative estimate of drug-likeness (QED) is 0.531. The Kier molecular flexibility index (Phi) is 3.41. The summed E-state index contributed by atoms with van der Waals surface area (Å²) in [6, 6.07) is 0. The van der Waals surface area contributed by atoms with E-state index in [9.17, 15) is 4.79 Å². The number of fused-ring (bicyclic) bond motifs is 1. The Labute approximate surface area is 115 Å². The summed E-state index contributed by atoms with van der Waals surface area (Å²) in [6.07, 6.45) is 7.79. The van der Waals surface area contributed by atoms with Crippen LogP contribution in [0.15, 0.2) is 35.1 Å². The van der Waals surface area contributed by atoms with E-state index in [4.69, 9.17) is 4.74 Å². The maximum Gasteiger partial charge on any atom is 0.149 e. The second kappa shape index (κ2) is 4.74. The fourth-order valence-electron chi connectivity index (χ4n) is 2.00. The highest BCUT2D eigenvalue weighted by Crippen LogP contribution is 2.36. The maximum absolute atomic E-state index is 10.8. The van der Waals surface area contributed by atoms with Crippen molar-refractivity contribution >= 4 is 6.29 Å². The summed E-state index contributed by atoms with van der Waals surface area (Å²) in [5.74, 6) is 7.50. The van der Waals surface area contributed by atoms with Crippen molar-refractivity contribution in [2.24, 2.45) is 10.8 Å². The van der Waals surface area contributed by atoms with Crippen LogP contribution in [-0.4, -0.2) is 12.9 Å². The third-order valence-corrected chi connectivity index (χ3v) is 3.09. The molecule has 1 atom stereocenters. The second-order valence-corrected chi connectivity index (χ2v) is 6.42. The highest BCUT2D eigenvalue weighted by molar-refractivity contribution is 5.76. The number of ether oxygens (including phenoxy) is 1. The summed E-state index contributed by atoms with van der Waals surface area (Å²) in [5.41, 5.74) is 1.51. The zero-order valence-electron chi connectivity index (χ0n) is 12.0. The molecule has 1 aliphatic carbocycles. The van der Waals surface area contributed by atoms with E-state index in [-0.39, 0.29) is 10.8 Å². The van der Waals surface area contributed by atoms with Crippen molar-refractivity contribution in [3.8, 4) is 11.8 Å². The molecule has 0 amide bonds. The molecule has 0 bridgehead atoms. The Morgan fingerprint density at radius 3 is 2.79 bits per heavy atom. The number of carbonyl (C=O) groups excluding carboxylic acids is 1. The van der Waals surface area contributed by atoms with Gasteiger partial charge in [-0.25, -0.2) is 0 Å². The van der Waals surface area contributed by atoms with Crippen molar-refractivity contribution < 1.29 is 9.53 Å². The first-order chi connectivity index (χ1) is 8.81. The molecule has 0 aromatic rings. The predicted octanol–water partition coefficient (Wildman–Crippen LogP) is 3.41. The molecule has 1 heterocycles. The molecule has 2 aliphatic rings. The fraction of sp³-hybridized carbons (Fsp3) is 0.471. The van der Waals surface area contributed by atoms with Gasteiger partial charge in [0.25, 0.3) is 0 Å². The molecular weight excluding hydrogens is 236 g/mol. The predicted molar refractivity (Wildman–Crippen MR) is 76.2 cm³/mol. The minimum absolute atomic E-state index is 0.00349. The zero-order valence-corrected chi connectivity index (χ0v) is 12.0. The molecule has 0 radical (unpaired) electrons. The van der Waals surface area contributed by atoms with Crippen LogP contribution >= 0.6 is 0 Å². The van der Waals surface area contributed by atoms with E-state index in [0.717, 1.165) is 24.0 Å². The summed E-state index contributed by atoms with van der Waals surface area (Å²) in [6.45, 7) is 8.80. The molecule has 2 rings (SSSR count). The molecule has 1 aliphatic heterocycles. The third kappa shape index (κ3) is 3.38. The van der Waals surface area contributed by atoms with Gasteiger partial charge >= 0.3 is 0 Å². The zero-order chi connectivity index (χ0) is 14.1. The van der Waals surface area contributed by atoms with Gasteiger partial charge in [0.05, 0.1) is 5.41 Å². The van der Waals surface area contributed by atoms with Gasteiger partial charge in [-0.15, -0.1) is 0 Å². The molecule has 0 saturated carbocycles. The average Bonchev–Trinajstić information content (AvgIpc) is 2.35. The van der Waals surface area contributed by atoms with E-state index in [1.807, 2.05) is 6.08 Å². The summed E-state index contributed by atoms with van der Waals surface area (Å²) in [7, 11) is 0. The summed E-state index contributed by atoms with van der Waals surface area (Å²) in [4.78, 5) is 10.8. The lowest BCUT2D eigenvalue weighted by Gasteiger charge is -2.28. The Bertz CT molecular complexity index is 544. The third-order valence-electron chi connectivity index (χ3n) is 3.09. The normalized spacial score (nSPS) is 25.8. The van der Waals surface area contributed by atoms with Gasteiger partial charge in [-0.3, -0.25) is 4.79 Å². The van der Waals surface area contributed by atoms with Gasteiger partial charge in [-0.1, -0.05) is 17.9 Å². The molecule has 0 aromatic heterocycles. The maximum atomic E-state index is 10.8. The van der Waals surface area contributed by atoms with E-state index in [1.165, 1.54) is 0 Å². The fourth-order valence-corrected chi connectivity index (χ4v) is 2.00. The summed E-state index contributed by atoms with van der Waals surface area (Å²) in [5, 5.41) is 0. The Hall–Kier alpha value is -1.75. The molecule has 2 nitrogen and oxygen atoms in total. The van der Waals surface area contributed by atoms with Gasteiger partial charge in [0, 0.05) is 16.6 Å². The lowest BCUT2D eigenvalue weighted by atomic mass is 9.80.